The normalized spacial score (nSPS) is 48.6. The molecule has 47 heteroatoms. The number of aliphatic carboxylic acids is 1. The third-order valence-electron chi connectivity index (χ3n) is 32.9. The van der Waals surface area contributed by atoms with Crippen molar-refractivity contribution in [3.63, 3.8) is 0 Å². The zero-order valence-electron chi connectivity index (χ0n) is 79.8. The summed E-state index contributed by atoms with van der Waals surface area (Å²) in [5.41, 5.74) is -6.88. The summed E-state index contributed by atoms with van der Waals surface area (Å²) in [5.74, 6) is -7.70. The van der Waals surface area contributed by atoms with Crippen LogP contribution in [0.15, 0.2) is 11.6 Å². The van der Waals surface area contributed by atoms with Gasteiger partial charge in [0.2, 0.25) is 6.29 Å². The molecular weight excluding hydrogens is 1860 g/mol. The van der Waals surface area contributed by atoms with Gasteiger partial charge in [-0.1, -0.05) is 86.8 Å². The van der Waals surface area contributed by atoms with Crippen molar-refractivity contribution in [2.45, 2.75) is 430 Å². The van der Waals surface area contributed by atoms with Gasteiger partial charge >= 0.3 is 23.9 Å². The van der Waals surface area contributed by atoms with Crippen LogP contribution in [0.4, 0.5) is 0 Å². The highest BCUT2D eigenvalue weighted by Crippen LogP contribution is 2.73. The first-order valence-corrected chi connectivity index (χ1v) is 48.5. The van der Waals surface area contributed by atoms with Crippen molar-refractivity contribution in [3.8, 4) is 0 Å². The summed E-state index contributed by atoms with van der Waals surface area (Å²) in [4.78, 5) is 71.9. The molecule has 0 spiro atoms. The van der Waals surface area contributed by atoms with E-state index >= 15 is 4.79 Å². The summed E-state index contributed by atoms with van der Waals surface area (Å²) in [6.07, 6.45) is -72.9. The van der Waals surface area contributed by atoms with Crippen LogP contribution in [0.25, 0.3) is 0 Å². The Labute approximate surface area is 802 Å². The average Bonchev–Trinajstić information content (AvgIpc) is 1.11. The van der Waals surface area contributed by atoms with Crippen molar-refractivity contribution in [1.82, 2.24) is 0 Å². The molecule has 0 amide bonds. The summed E-state index contributed by atoms with van der Waals surface area (Å²) >= 11 is 0. The van der Waals surface area contributed by atoms with E-state index in [2.05, 4.69) is 19.9 Å². The first-order valence-electron chi connectivity index (χ1n) is 48.5. The maximum atomic E-state index is 16.5. The second-order valence-electron chi connectivity index (χ2n) is 42.5. The summed E-state index contributed by atoms with van der Waals surface area (Å²) in [6.45, 7) is 14.8. The Morgan fingerprint density at radius 3 is 1.63 bits per heavy atom. The predicted molar refractivity (Wildman–Crippen MR) is 459 cm³/mol. The molecule has 4 saturated carbocycles. The monoisotopic (exact) mass is 2000 g/mol. The van der Waals surface area contributed by atoms with Gasteiger partial charge in [0.15, 0.2) is 62.3 Å². The zero-order valence-corrected chi connectivity index (χ0v) is 79.8. The summed E-state index contributed by atoms with van der Waals surface area (Å²) in [7, 11) is 0. The molecule has 8 heterocycles. The number of carbonyl (C=O) groups is 5. The number of aliphatic hydroxyl groups excluding tert-OH is 22. The van der Waals surface area contributed by atoms with Crippen LogP contribution >= 0.6 is 0 Å². The number of carboxylic acids is 1. The quantitative estimate of drug-likeness (QED) is 0.00922. The zero-order chi connectivity index (χ0) is 102. The molecule has 5 aliphatic carbocycles. The first-order chi connectivity index (χ1) is 65.3. The Bertz CT molecular complexity index is 4100. The fourth-order valence-electron chi connectivity index (χ4n) is 23.9. The molecular formula is C92H148O47. The van der Waals surface area contributed by atoms with E-state index in [1.54, 1.807) is 27.7 Å². The van der Waals surface area contributed by atoms with Crippen LogP contribution in [-0.2, 0) is 109 Å². The molecule has 13 rings (SSSR count). The smallest absolute Gasteiger partial charge is 0.335 e. The van der Waals surface area contributed by atoms with Gasteiger partial charge < -0.3 is 213 Å². The van der Waals surface area contributed by atoms with E-state index in [0.29, 0.717) is 44.9 Å². The molecule has 798 valence electrons. The van der Waals surface area contributed by atoms with E-state index in [1.807, 2.05) is 20.8 Å². The lowest BCUT2D eigenvalue weighted by Gasteiger charge is -2.68. The molecule has 52 atom stereocenters. The average molecular weight is 2010 g/mol. The van der Waals surface area contributed by atoms with E-state index in [0.717, 1.165) is 11.9 Å². The molecule has 12 fully saturated rings. The SMILES string of the molecule is CC[C@H](C)[C@H](C[C@H](O)CC(=O)O[C@@H]1C(C)O[C@@H](OC(=O)[C@]23CCC(C)(C)CC2C2=CCC4[C@@]5(C)CC[C@H](O[C@@H]6OC(C(=O)O)[C@H](O)[C@H](O[C@@H]7OC[C@@H](O)[C@H](O)C7O)C6O[C@@H]6OC(CO)[C@H](O)[C@H](O)C6O)[C@@](C)(C=O)C5CC[C@@]4(C)[C@@H]2C[C@H]3O)[C@H](O[C@@H]2OC(C)[C@H](OC3OCC(O)[C@H](O[C@@H]4OC[C@](O)(CO)C4O)[C@@H]3O)[C@H](O[C@@H]3OC(CO)[C@@H](O)[C@H](O)C3O)C2O)C1O)OC(=O)C[C@@H](O)C[C@H](O)[C@@H](C)CC. The third kappa shape index (κ3) is 22.3. The lowest BCUT2D eigenvalue weighted by molar-refractivity contribution is -0.396. The summed E-state index contributed by atoms with van der Waals surface area (Å²) in [5, 5.41) is 269. The number of ether oxygens (including phenoxy) is 18. The molecule has 0 aromatic carbocycles. The highest BCUT2D eigenvalue weighted by molar-refractivity contribution is 5.80. The van der Waals surface area contributed by atoms with E-state index < -0.39 is 384 Å². The predicted octanol–water partition coefficient (Wildman–Crippen LogP) is -6.71. The van der Waals surface area contributed by atoms with Gasteiger partial charge in [0.1, 0.15) is 158 Å². The summed E-state index contributed by atoms with van der Waals surface area (Å²) < 4.78 is 110. The molecule has 13 aliphatic rings. The number of carbonyl (C=O) groups excluding carboxylic acids is 4. The van der Waals surface area contributed by atoms with E-state index in [1.165, 1.54) is 13.8 Å². The van der Waals surface area contributed by atoms with Crippen LogP contribution in [0.5, 0.6) is 0 Å². The van der Waals surface area contributed by atoms with Gasteiger partial charge in [-0.15, -0.1) is 0 Å². The van der Waals surface area contributed by atoms with E-state index in [9.17, 15) is 142 Å². The number of carboxylic acid groups (broad SMARTS) is 1. The lowest BCUT2D eigenvalue weighted by atomic mass is 9.36. The Morgan fingerprint density at radius 1 is 0.496 bits per heavy atom. The van der Waals surface area contributed by atoms with Crippen LogP contribution in [0.3, 0.4) is 0 Å². The van der Waals surface area contributed by atoms with E-state index in [-0.39, 0.29) is 50.4 Å². The van der Waals surface area contributed by atoms with Crippen LogP contribution in [0, 0.1) is 62.6 Å². The largest absolute Gasteiger partial charge is 0.479 e. The van der Waals surface area contributed by atoms with Gasteiger partial charge in [0.25, 0.3) is 0 Å². The molecule has 0 bridgehead atoms. The Kier molecular flexibility index (Phi) is 36.3. The van der Waals surface area contributed by atoms with Crippen LogP contribution in [0.1, 0.15) is 172 Å². The molecule has 8 aliphatic heterocycles. The second-order valence-corrected chi connectivity index (χ2v) is 42.5. The van der Waals surface area contributed by atoms with Crippen molar-refractivity contribution in [2.75, 3.05) is 39.6 Å². The lowest BCUT2D eigenvalue weighted by Crippen LogP contribution is -2.68. The van der Waals surface area contributed by atoms with Crippen molar-refractivity contribution in [3.05, 3.63) is 11.6 Å². The molecule has 0 aromatic rings. The topological polar surface area (TPSA) is 737 Å². The fraction of sp³-hybridized carbons (Fsp3) is 0.924. The van der Waals surface area contributed by atoms with Crippen molar-refractivity contribution < 1.29 is 232 Å². The van der Waals surface area contributed by atoms with Gasteiger partial charge in [0, 0.05) is 12.8 Å². The molecule has 139 heavy (non-hydrogen) atoms. The van der Waals surface area contributed by atoms with Crippen molar-refractivity contribution >= 4 is 30.2 Å². The minimum Gasteiger partial charge on any atom is -0.479 e. The highest BCUT2D eigenvalue weighted by atomic mass is 16.8. The number of rotatable bonds is 35. The van der Waals surface area contributed by atoms with Crippen LogP contribution < -0.4 is 0 Å². The Hall–Kier alpha value is -4.23. The molecule has 24 N–H and O–H groups in total. The molecule has 0 radical (unpaired) electrons. The van der Waals surface area contributed by atoms with Crippen LogP contribution in [0.2, 0.25) is 0 Å². The summed E-state index contributed by atoms with van der Waals surface area (Å²) in [6, 6.07) is 0. The number of aldehydes is 1. The van der Waals surface area contributed by atoms with Gasteiger partial charge in [-0.2, -0.15) is 0 Å². The number of allylic oxidation sites excluding steroid dienone is 2. The maximum absolute atomic E-state index is 16.5. The number of fused-ring (bicyclic) bond motifs is 7. The number of aliphatic hydroxyl groups is 23. The van der Waals surface area contributed by atoms with Crippen molar-refractivity contribution in [1.29, 1.82) is 0 Å². The molecule has 17 unspecified atom stereocenters. The standard InChI is InChI=1S/C92H148O47/c1-12-35(3)44(99)22-39(97)24-54(103)127-47(36(4)13-2)23-40(98)25-55(104)131-68-37(5)126-83(74(64(68)113)137-82-67(116)72(135-80-62(111)59(108)57(106)48(28-93)128-80)69(38(6)125-82)132-79-66(115)70(46(101)31-123-79)133-85-76(117)91(121,33-96)34-124-85)139-86(120)92-21-20-87(7,8)27-43(92)41-14-15-50-88(9,42(41)26-52(92)102)18-16-51-89(50,10)19-17-53(90(51,11)32-95)130-84-75(138-81-63(112)60(109)58(107)49(29-94)129-81)71(65(114)73(136-84)77(118)119)134-78-61(110)56(105)45(100)30-122-78/h14,32,35-40,42-53,56-76,78-85,93-94,96-102,105-117,121H,12-13,15-31,33-34H2,1-11H3,(H,118,119)/t35-,36-,37?,38?,39-,40-,42+,43?,44-,45+,46?,47-,48?,49?,50?,51?,52+,53-,56-,57+,58-,59-,60-,61?,62?,63?,64?,65+,66-,67?,68+,69-,70-,71-,72+,73?,74+,75?,76?,78-,79?,80-,81-,82-,83-,84+,85-,88-,89+,90-,91+,92+/m0/s1. The van der Waals surface area contributed by atoms with Gasteiger partial charge in [-0.3, -0.25) is 14.4 Å². The molecule has 47 nitrogen and oxygen atoms in total. The Balaban J connectivity index is 0.793. The fourth-order valence-corrected chi connectivity index (χ4v) is 23.9. The number of esters is 3. The third-order valence-corrected chi connectivity index (χ3v) is 32.9. The van der Waals surface area contributed by atoms with E-state index in [4.69, 9.17) is 85.3 Å². The van der Waals surface area contributed by atoms with Gasteiger partial charge in [0.05, 0.1) is 101 Å². The maximum Gasteiger partial charge on any atom is 0.335 e. The second kappa shape index (κ2) is 45.1. The van der Waals surface area contributed by atoms with Gasteiger partial charge in [-0.25, -0.2) is 4.79 Å². The first kappa shape index (κ1) is 112. The van der Waals surface area contributed by atoms with Gasteiger partial charge in [-0.05, 0) is 123 Å². The van der Waals surface area contributed by atoms with Crippen LogP contribution in [-0.4, -0.2) is 450 Å². The van der Waals surface area contributed by atoms with Crippen molar-refractivity contribution in [2.24, 2.45) is 62.6 Å². The highest BCUT2D eigenvalue weighted by Gasteiger charge is 2.71. The number of hydrogen-bond donors (Lipinski definition) is 24. The number of hydrogen-bond acceptors (Lipinski definition) is 46. The molecule has 0 aromatic heterocycles. The minimum atomic E-state index is -2.36. The Morgan fingerprint density at radius 2 is 1.03 bits per heavy atom. The molecule has 8 saturated heterocycles. The minimum absolute atomic E-state index is 0.0229.